The van der Waals surface area contributed by atoms with Crippen molar-refractivity contribution in [3.05, 3.63) is 35.9 Å². The molecule has 5 amide bonds. The van der Waals surface area contributed by atoms with Crippen molar-refractivity contribution < 1.29 is 39.0 Å². The quantitative estimate of drug-likeness (QED) is 0.274. The van der Waals surface area contributed by atoms with Crippen molar-refractivity contribution in [2.75, 3.05) is 19.6 Å². The fraction of sp³-hybridized carbons (Fsp3) is 0.478. The number of carbonyl (C=O) groups is 6. The van der Waals surface area contributed by atoms with E-state index >= 15 is 0 Å². The monoisotopic (exact) mass is 535 g/mol. The van der Waals surface area contributed by atoms with Crippen LogP contribution in [0.2, 0.25) is 0 Å². The Bertz CT molecular complexity index is 1100. The molecule has 2 saturated heterocycles. The highest BCUT2D eigenvalue weighted by atomic mass is 32.2. The molecule has 1 aromatic rings. The van der Waals surface area contributed by atoms with Crippen molar-refractivity contribution in [1.82, 2.24) is 25.8 Å². The molecule has 13 nitrogen and oxygen atoms in total. The van der Waals surface area contributed by atoms with Crippen molar-refractivity contribution in [1.29, 1.82) is 0 Å². The average Bonchev–Trinajstić information content (AvgIpc) is 3.17. The van der Waals surface area contributed by atoms with E-state index in [0.717, 1.165) is 11.8 Å². The summed E-state index contributed by atoms with van der Waals surface area (Å²) in [7, 11) is 0. The third-order valence-corrected chi connectivity index (χ3v) is 7.67. The highest BCUT2D eigenvalue weighted by Crippen LogP contribution is 2.39. The summed E-state index contributed by atoms with van der Waals surface area (Å²) in [6.45, 7) is 5.37. The molecule has 0 aromatic heterocycles. The zero-order valence-corrected chi connectivity index (χ0v) is 21.3. The highest BCUT2D eigenvalue weighted by Gasteiger charge is 2.50. The average molecular weight is 536 g/mol. The van der Waals surface area contributed by atoms with E-state index in [-0.39, 0.29) is 13.1 Å². The molecule has 2 aliphatic heterocycles. The van der Waals surface area contributed by atoms with Gasteiger partial charge in [-0.3, -0.25) is 29.4 Å². The fourth-order valence-corrected chi connectivity index (χ4v) is 5.63. The summed E-state index contributed by atoms with van der Waals surface area (Å²) in [6.07, 6.45) is 0. The van der Waals surface area contributed by atoms with Crippen LogP contribution in [-0.4, -0.2) is 97.5 Å². The molecule has 1 aromatic carbocycles. The summed E-state index contributed by atoms with van der Waals surface area (Å²) in [4.78, 5) is 76.7. The van der Waals surface area contributed by atoms with Crippen LogP contribution in [0.4, 0.5) is 4.79 Å². The Morgan fingerprint density at radius 3 is 2.27 bits per heavy atom. The molecule has 0 bridgehead atoms. The molecule has 0 aliphatic carbocycles. The number of carboxylic acids is 2. The van der Waals surface area contributed by atoms with E-state index in [1.165, 1.54) is 17.0 Å². The lowest BCUT2D eigenvalue weighted by Gasteiger charge is -2.33. The van der Waals surface area contributed by atoms with E-state index < -0.39 is 63.9 Å². The number of hydrogen-bond acceptors (Lipinski definition) is 8. The number of rotatable bonds is 8. The second-order valence-corrected chi connectivity index (χ2v) is 10.8. The molecule has 0 saturated carbocycles. The summed E-state index contributed by atoms with van der Waals surface area (Å²) in [5.41, 5.74) is 0.305. The number of carboxylic acid groups (broad SMARTS) is 2. The number of nitrogens with zero attached hydrogens (tertiary/aromatic N) is 2. The van der Waals surface area contributed by atoms with Gasteiger partial charge in [0.1, 0.15) is 12.1 Å². The number of piperazine rings is 1. The Labute approximate surface area is 216 Å². The zero-order valence-electron chi connectivity index (χ0n) is 20.5. The smallest absolute Gasteiger partial charge is 0.328 e. The van der Waals surface area contributed by atoms with Gasteiger partial charge in [-0.05, 0) is 26.3 Å². The first-order valence-electron chi connectivity index (χ1n) is 11.5. The van der Waals surface area contributed by atoms with Crippen molar-refractivity contribution in [2.24, 2.45) is 0 Å². The molecule has 37 heavy (non-hydrogen) atoms. The van der Waals surface area contributed by atoms with Crippen molar-refractivity contribution in [2.45, 2.75) is 49.0 Å². The zero-order chi connectivity index (χ0) is 27.5. The minimum atomic E-state index is -1.54. The first kappa shape index (κ1) is 27.9. The third-order valence-electron chi connectivity index (χ3n) is 6.17. The van der Waals surface area contributed by atoms with Gasteiger partial charge in [-0.2, -0.15) is 0 Å². The van der Waals surface area contributed by atoms with E-state index in [9.17, 15) is 39.0 Å². The minimum Gasteiger partial charge on any atom is -0.480 e. The second-order valence-electron chi connectivity index (χ2n) is 9.04. The van der Waals surface area contributed by atoms with E-state index in [0.29, 0.717) is 17.0 Å². The lowest BCUT2D eigenvalue weighted by atomic mass is 10.0. The number of urea groups is 1. The third kappa shape index (κ3) is 6.02. The Morgan fingerprint density at radius 1 is 1.08 bits per heavy atom. The normalized spacial score (nSPS) is 22.8. The van der Waals surface area contributed by atoms with Gasteiger partial charge in [0.05, 0.1) is 5.37 Å². The van der Waals surface area contributed by atoms with Gasteiger partial charge in [-0.15, -0.1) is 11.8 Å². The molecule has 0 spiro atoms. The van der Waals surface area contributed by atoms with Crippen LogP contribution in [0.25, 0.3) is 0 Å². The lowest BCUT2D eigenvalue weighted by molar-refractivity contribution is -0.153. The number of imide groups is 1. The predicted octanol–water partition coefficient (Wildman–Crippen LogP) is -0.408. The Morgan fingerprint density at radius 2 is 1.73 bits per heavy atom. The first-order chi connectivity index (χ1) is 17.4. The Hall–Kier alpha value is -3.65. The Balaban J connectivity index is 1.82. The van der Waals surface area contributed by atoms with Gasteiger partial charge in [0.15, 0.2) is 6.04 Å². The molecule has 14 heteroatoms. The largest absolute Gasteiger partial charge is 0.480 e. The molecule has 1 unspecified atom stereocenters. The summed E-state index contributed by atoms with van der Waals surface area (Å²) in [5.74, 6) is -5.33. The van der Waals surface area contributed by atoms with Crippen molar-refractivity contribution >= 4 is 47.5 Å². The van der Waals surface area contributed by atoms with Crippen LogP contribution in [0, 0.1) is 0 Å². The van der Waals surface area contributed by atoms with Gasteiger partial charge in [-0.25, -0.2) is 9.59 Å². The summed E-state index contributed by atoms with van der Waals surface area (Å²) >= 11 is 1.06. The number of amides is 5. The van der Waals surface area contributed by atoms with E-state index in [2.05, 4.69) is 16.0 Å². The maximum Gasteiger partial charge on any atom is 0.328 e. The van der Waals surface area contributed by atoms with Crippen LogP contribution in [0.3, 0.4) is 0 Å². The minimum absolute atomic E-state index is 0.0700. The highest BCUT2D eigenvalue weighted by molar-refractivity contribution is 8.01. The number of aliphatic carboxylic acids is 2. The number of carbonyl (C=O) groups excluding carboxylic acids is 4. The van der Waals surface area contributed by atoms with Gasteiger partial charge in [0, 0.05) is 24.4 Å². The molecule has 2 heterocycles. The summed E-state index contributed by atoms with van der Waals surface area (Å²) in [6, 6.07) is 2.99. The van der Waals surface area contributed by atoms with Gasteiger partial charge in [0.25, 0.3) is 0 Å². The van der Waals surface area contributed by atoms with Gasteiger partial charge in [-0.1, -0.05) is 30.3 Å². The maximum absolute atomic E-state index is 13.3. The molecule has 2 fully saturated rings. The van der Waals surface area contributed by atoms with E-state index in [4.69, 9.17) is 0 Å². The van der Waals surface area contributed by atoms with Crippen LogP contribution < -0.4 is 16.0 Å². The molecular formula is C23H29N5O8S. The van der Waals surface area contributed by atoms with Gasteiger partial charge in [0.2, 0.25) is 5.91 Å². The maximum atomic E-state index is 13.3. The molecule has 5 N–H and O–H groups in total. The fourth-order valence-electron chi connectivity index (χ4n) is 4.15. The van der Waals surface area contributed by atoms with Crippen LogP contribution in [-0.2, 0) is 24.0 Å². The van der Waals surface area contributed by atoms with Crippen LogP contribution >= 0.6 is 11.8 Å². The Kier molecular flexibility index (Phi) is 8.43. The molecule has 4 atom stereocenters. The van der Waals surface area contributed by atoms with E-state index in [1.54, 1.807) is 39.0 Å². The molecule has 200 valence electrons. The van der Waals surface area contributed by atoms with E-state index in [1.807, 2.05) is 0 Å². The molecular weight excluding hydrogens is 506 g/mol. The molecule has 2 aliphatic rings. The second kappa shape index (κ2) is 11.2. The number of hydrogen-bond donors (Lipinski definition) is 5. The molecule has 0 radical (unpaired) electrons. The van der Waals surface area contributed by atoms with Crippen LogP contribution in [0.15, 0.2) is 30.3 Å². The number of thioether (sulfide) groups is 1. The van der Waals surface area contributed by atoms with Gasteiger partial charge < -0.3 is 25.7 Å². The SMILES string of the molecule is CCN1CCN(C(=O)NC(C(=O)N[C@H](C(=O)O)[C@H]2N[C@@H](C(=O)O)C(C)(C)S2)c2ccccc2)C(=O)C1=O. The van der Waals surface area contributed by atoms with Crippen molar-refractivity contribution in [3.8, 4) is 0 Å². The lowest BCUT2D eigenvalue weighted by Crippen LogP contribution is -2.60. The topological polar surface area (TPSA) is 185 Å². The summed E-state index contributed by atoms with van der Waals surface area (Å²) < 4.78 is -0.866. The summed E-state index contributed by atoms with van der Waals surface area (Å²) in [5, 5.41) is 25.9. The standard InChI is InChI=1S/C23H29N5O8S/c1-4-27-10-11-28(19(31)18(27)30)22(36)25-13(12-8-6-5-7-9-12)16(29)24-14(20(32)33)17-26-15(21(34)35)23(2,3)37-17/h5-9,13-15,17,26H,4,10-11H2,1-3H3,(H,24,29)(H,25,36)(H,32,33)(H,34,35)/t13?,14-,15-,17-/m0/s1. The first-order valence-corrected chi connectivity index (χ1v) is 12.4. The predicted molar refractivity (Wildman–Crippen MR) is 131 cm³/mol. The van der Waals surface area contributed by atoms with Crippen LogP contribution in [0.5, 0.6) is 0 Å². The number of likely N-dealkylation sites (N-methyl/N-ethyl adjacent to an activating group) is 1. The van der Waals surface area contributed by atoms with Crippen molar-refractivity contribution in [3.63, 3.8) is 0 Å². The number of benzene rings is 1. The van der Waals surface area contributed by atoms with Crippen LogP contribution in [0.1, 0.15) is 32.4 Å². The molecule has 3 rings (SSSR count). The van der Waals surface area contributed by atoms with Gasteiger partial charge >= 0.3 is 29.8 Å². The number of nitrogens with one attached hydrogen (secondary N) is 3.